The molecule has 10 unspecified atom stereocenters. The lowest BCUT2D eigenvalue weighted by Crippen LogP contribution is -2.80. The third-order valence-corrected chi connectivity index (χ3v) is 8.07. The summed E-state index contributed by atoms with van der Waals surface area (Å²) in [5.74, 6) is -2.00. The number of esters is 2. The molecule has 5 aliphatic rings. The lowest BCUT2D eigenvalue weighted by Gasteiger charge is -2.66. The second-order valence-corrected chi connectivity index (χ2v) is 9.76. The molecule has 1 aromatic rings. The quantitative estimate of drug-likeness (QED) is 0.300. The molecule has 34 heavy (non-hydrogen) atoms. The molecule has 5 fully saturated rings. The first kappa shape index (κ1) is 23.6. The molecule has 0 radical (unpaired) electrons. The van der Waals surface area contributed by atoms with Crippen LogP contribution >= 0.6 is 0 Å². The summed E-state index contributed by atoms with van der Waals surface area (Å²) in [6.45, 7) is 0.508. The number of carbonyl (C=O) groups is 2. The number of aliphatic hydroxyl groups excluding tert-OH is 5. The van der Waals surface area contributed by atoms with Crippen molar-refractivity contribution in [3.8, 4) is 0 Å². The predicted octanol–water partition coefficient (Wildman–Crippen LogP) is -1.51. The summed E-state index contributed by atoms with van der Waals surface area (Å²) < 4.78 is 22.9. The smallest absolute Gasteiger partial charge is 0.338 e. The Bertz CT molecular complexity index is 969. The van der Waals surface area contributed by atoms with Gasteiger partial charge >= 0.3 is 11.9 Å². The van der Waals surface area contributed by atoms with Gasteiger partial charge in [0.25, 0.3) is 0 Å². The summed E-state index contributed by atoms with van der Waals surface area (Å²) in [6, 6.07) is 8.20. The topological polar surface area (TPSA) is 172 Å². The number of fused-ring (bicyclic) bond motifs is 1. The molecule has 2 aliphatic heterocycles. The minimum Gasteiger partial charge on any atom is -0.461 e. The number of benzene rings is 1. The van der Waals surface area contributed by atoms with E-state index < -0.39 is 84.5 Å². The van der Waals surface area contributed by atoms with Gasteiger partial charge in [0.05, 0.1) is 18.3 Å². The molecule has 1 aromatic carbocycles. The van der Waals surface area contributed by atoms with Gasteiger partial charge in [-0.15, -0.1) is 0 Å². The van der Waals surface area contributed by atoms with Gasteiger partial charge in [0.15, 0.2) is 6.29 Å². The Morgan fingerprint density at radius 3 is 2.47 bits per heavy atom. The Labute approximate surface area is 194 Å². The van der Waals surface area contributed by atoms with Crippen molar-refractivity contribution in [1.82, 2.24) is 0 Å². The van der Waals surface area contributed by atoms with Gasteiger partial charge < -0.3 is 44.5 Å². The average molecular weight is 480 g/mol. The minimum atomic E-state index is -1.69. The summed E-state index contributed by atoms with van der Waals surface area (Å²) in [6.07, 6.45) is -8.41. The first-order valence-electron chi connectivity index (χ1n) is 11.2. The van der Waals surface area contributed by atoms with Crippen molar-refractivity contribution in [3.63, 3.8) is 0 Å². The van der Waals surface area contributed by atoms with E-state index in [0.29, 0.717) is 0 Å². The van der Waals surface area contributed by atoms with Crippen LogP contribution in [0, 0.1) is 11.3 Å². The van der Waals surface area contributed by atoms with Crippen molar-refractivity contribution in [3.05, 3.63) is 35.9 Å². The van der Waals surface area contributed by atoms with Crippen molar-refractivity contribution in [2.45, 2.75) is 67.8 Å². The Morgan fingerprint density at radius 1 is 1.09 bits per heavy atom. The Kier molecular flexibility index (Phi) is 5.52. The Morgan fingerprint density at radius 2 is 1.79 bits per heavy atom. The molecule has 11 heteroatoms. The molecule has 6 rings (SSSR count). The SMILES string of the molecule is CC12CC(O)C3CC1(OC1OC(CO)C(O)C(O)C1O)C3(COC(=O)c1ccccc1)C(=O)O2. The fraction of sp³-hybridized carbons (Fsp3) is 0.652. The molecule has 2 heterocycles. The highest BCUT2D eigenvalue weighted by atomic mass is 16.7. The van der Waals surface area contributed by atoms with Gasteiger partial charge in [-0.05, 0) is 25.5 Å². The average Bonchev–Trinajstić information content (AvgIpc) is 2.88. The number of hydrogen-bond donors (Lipinski definition) is 5. The molecule has 2 saturated heterocycles. The highest BCUT2D eigenvalue weighted by Gasteiger charge is 2.88. The van der Waals surface area contributed by atoms with Gasteiger partial charge in [0.1, 0.15) is 47.6 Å². The van der Waals surface area contributed by atoms with Crippen LogP contribution in [0.3, 0.4) is 0 Å². The normalized spacial score (nSPS) is 47.0. The van der Waals surface area contributed by atoms with Crippen LogP contribution in [-0.2, 0) is 23.7 Å². The van der Waals surface area contributed by atoms with E-state index in [9.17, 15) is 35.1 Å². The van der Waals surface area contributed by atoms with Crippen LogP contribution in [-0.4, -0.2) is 98.7 Å². The van der Waals surface area contributed by atoms with Crippen LogP contribution < -0.4 is 0 Å². The van der Waals surface area contributed by atoms with Crippen molar-refractivity contribution < 1.29 is 54.1 Å². The molecule has 3 saturated carbocycles. The van der Waals surface area contributed by atoms with Gasteiger partial charge in [0, 0.05) is 12.3 Å². The van der Waals surface area contributed by atoms with Crippen molar-refractivity contribution in [2.24, 2.45) is 11.3 Å². The second-order valence-electron chi connectivity index (χ2n) is 9.76. The summed E-state index contributed by atoms with van der Waals surface area (Å²) in [5, 5.41) is 51.0. The van der Waals surface area contributed by atoms with Gasteiger partial charge in [-0.2, -0.15) is 0 Å². The highest BCUT2D eigenvalue weighted by Crippen LogP contribution is 2.73. The minimum absolute atomic E-state index is 0.0508. The fourth-order valence-corrected chi connectivity index (χ4v) is 6.19. The maximum atomic E-state index is 13.2. The molecule has 186 valence electrons. The zero-order valence-electron chi connectivity index (χ0n) is 18.4. The lowest BCUT2D eigenvalue weighted by atomic mass is 9.40. The summed E-state index contributed by atoms with van der Waals surface area (Å²) in [7, 11) is 0. The number of hydrogen-bond acceptors (Lipinski definition) is 11. The molecule has 11 nitrogen and oxygen atoms in total. The van der Waals surface area contributed by atoms with Crippen LogP contribution in [0.2, 0.25) is 0 Å². The number of ether oxygens (including phenoxy) is 4. The second kappa shape index (κ2) is 7.95. The third-order valence-electron chi connectivity index (χ3n) is 8.07. The standard InChI is InChI=1S/C23H28O11/c1-21-8-13(25)12-7-23(21,33-19-17(28)16(27)15(26)14(9-24)32-19)22(12,20(30)34-21)10-31-18(29)11-5-3-2-4-6-11/h2-6,12-17,19,24-28H,7-10H2,1H3. The number of aliphatic hydroxyl groups is 5. The number of rotatable bonds is 6. The van der Waals surface area contributed by atoms with Crippen LogP contribution in [0.5, 0.6) is 0 Å². The van der Waals surface area contributed by atoms with Gasteiger partial charge in [0.2, 0.25) is 0 Å². The molecule has 0 amide bonds. The van der Waals surface area contributed by atoms with Crippen LogP contribution in [0.4, 0.5) is 0 Å². The molecule has 0 spiro atoms. The van der Waals surface area contributed by atoms with E-state index >= 15 is 0 Å². The fourth-order valence-electron chi connectivity index (χ4n) is 6.19. The first-order chi connectivity index (χ1) is 16.1. The predicted molar refractivity (Wildman–Crippen MR) is 110 cm³/mol. The third kappa shape index (κ3) is 2.95. The molecular formula is C23H28O11. The van der Waals surface area contributed by atoms with Crippen molar-refractivity contribution >= 4 is 11.9 Å². The Balaban J connectivity index is 1.46. The summed E-state index contributed by atoms with van der Waals surface area (Å²) >= 11 is 0. The van der Waals surface area contributed by atoms with Gasteiger partial charge in [-0.1, -0.05) is 18.2 Å². The molecule has 3 aliphatic carbocycles. The molecule has 0 aromatic heterocycles. The molecule has 4 bridgehead atoms. The van der Waals surface area contributed by atoms with E-state index in [4.69, 9.17) is 18.9 Å². The van der Waals surface area contributed by atoms with E-state index in [1.165, 1.54) is 0 Å². The largest absolute Gasteiger partial charge is 0.461 e. The van der Waals surface area contributed by atoms with E-state index in [2.05, 4.69) is 0 Å². The molecule has 10 atom stereocenters. The van der Waals surface area contributed by atoms with Gasteiger partial charge in [-0.3, -0.25) is 4.79 Å². The van der Waals surface area contributed by atoms with Crippen molar-refractivity contribution in [2.75, 3.05) is 13.2 Å². The molecule has 5 N–H and O–H groups in total. The molecular weight excluding hydrogens is 452 g/mol. The number of carbonyl (C=O) groups excluding carboxylic acids is 2. The van der Waals surface area contributed by atoms with Crippen LogP contribution in [0.1, 0.15) is 30.1 Å². The first-order valence-corrected chi connectivity index (χ1v) is 11.2. The zero-order valence-corrected chi connectivity index (χ0v) is 18.4. The summed E-state index contributed by atoms with van der Waals surface area (Å²) in [5.41, 5.74) is -4.08. The van der Waals surface area contributed by atoms with E-state index in [1.807, 2.05) is 0 Å². The van der Waals surface area contributed by atoms with E-state index in [1.54, 1.807) is 37.3 Å². The van der Waals surface area contributed by atoms with Crippen LogP contribution in [0.25, 0.3) is 0 Å². The zero-order chi connectivity index (χ0) is 24.5. The monoisotopic (exact) mass is 480 g/mol. The maximum absolute atomic E-state index is 13.2. The van der Waals surface area contributed by atoms with Crippen LogP contribution in [0.15, 0.2) is 30.3 Å². The maximum Gasteiger partial charge on any atom is 0.338 e. The highest BCUT2D eigenvalue weighted by molar-refractivity contribution is 5.90. The van der Waals surface area contributed by atoms with E-state index in [-0.39, 0.29) is 18.4 Å². The van der Waals surface area contributed by atoms with Crippen molar-refractivity contribution in [1.29, 1.82) is 0 Å². The van der Waals surface area contributed by atoms with Gasteiger partial charge in [-0.25, -0.2) is 4.79 Å². The summed E-state index contributed by atoms with van der Waals surface area (Å²) in [4.78, 5) is 25.9. The lowest BCUT2D eigenvalue weighted by molar-refractivity contribution is -0.394. The van der Waals surface area contributed by atoms with E-state index in [0.717, 1.165) is 0 Å². The Hall–Kier alpha value is -2.12.